The third kappa shape index (κ3) is 4.23. The first-order chi connectivity index (χ1) is 11.4. The summed E-state index contributed by atoms with van der Waals surface area (Å²) in [5.74, 6) is 0.988. The Bertz CT molecular complexity index is 717. The first-order valence-corrected chi connectivity index (χ1v) is 8.89. The summed E-state index contributed by atoms with van der Waals surface area (Å²) in [6.07, 6.45) is 5.43. The predicted octanol–water partition coefficient (Wildman–Crippen LogP) is 4.15. The van der Waals surface area contributed by atoms with Crippen LogP contribution in [0.5, 0.6) is 0 Å². The average Bonchev–Trinajstić information content (AvgIpc) is 3.16. The van der Waals surface area contributed by atoms with E-state index in [2.05, 4.69) is 26.3 Å². The fourth-order valence-corrected chi connectivity index (χ4v) is 3.34. The molecule has 24 heavy (non-hydrogen) atoms. The van der Waals surface area contributed by atoms with E-state index in [1.54, 1.807) is 6.20 Å². The number of anilines is 2. The molecule has 3 rings (SSSR count). The van der Waals surface area contributed by atoms with Crippen LogP contribution in [0.25, 0.3) is 10.6 Å². The van der Waals surface area contributed by atoms with Gasteiger partial charge in [-0.3, -0.25) is 5.32 Å². The van der Waals surface area contributed by atoms with E-state index in [9.17, 15) is 4.79 Å². The van der Waals surface area contributed by atoms with Crippen LogP contribution in [0.1, 0.15) is 33.6 Å². The summed E-state index contributed by atoms with van der Waals surface area (Å²) in [4.78, 5) is 23.0. The molecule has 0 bridgehead atoms. The molecule has 1 aliphatic heterocycles. The number of nitrogens with zero attached hydrogens (tertiary/aromatic N) is 3. The molecule has 1 saturated heterocycles. The van der Waals surface area contributed by atoms with Crippen molar-refractivity contribution >= 4 is 28.2 Å². The maximum absolute atomic E-state index is 11.8. The number of rotatable bonds is 3. The van der Waals surface area contributed by atoms with Gasteiger partial charge in [0.15, 0.2) is 0 Å². The normalized spacial score (nSPS) is 14.7. The summed E-state index contributed by atoms with van der Waals surface area (Å²) in [7, 11) is 0. The van der Waals surface area contributed by atoms with Crippen LogP contribution >= 0.6 is 11.3 Å². The zero-order valence-corrected chi connectivity index (χ0v) is 15.0. The lowest BCUT2D eigenvalue weighted by Crippen LogP contribution is -2.26. The number of nitrogens with one attached hydrogen (secondary N) is 1. The van der Waals surface area contributed by atoms with Crippen LogP contribution in [-0.4, -0.2) is 34.8 Å². The standard InChI is InChI=1S/C17H22N4O2S/c1-17(2,3)23-16(22)20-14-11-19-15(24-14)12-6-7-18-13(10-12)21-8-4-5-9-21/h6-7,10-11H,4-5,8-9H2,1-3H3,(H,20,22). The molecule has 0 radical (unpaired) electrons. The number of aromatic nitrogens is 2. The first-order valence-electron chi connectivity index (χ1n) is 8.08. The van der Waals surface area contributed by atoms with Crippen molar-refractivity contribution in [2.75, 3.05) is 23.3 Å². The van der Waals surface area contributed by atoms with Gasteiger partial charge in [0.25, 0.3) is 0 Å². The van der Waals surface area contributed by atoms with E-state index in [1.165, 1.54) is 24.2 Å². The van der Waals surface area contributed by atoms with Crippen molar-refractivity contribution < 1.29 is 9.53 Å². The molecule has 7 heteroatoms. The molecule has 0 spiro atoms. The maximum atomic E-state index is 11.8. The molecular formula is C17H22N4O2S. The van der Waals surface area contributed by atoms with Crippen molar-refractivity contribution in [3.05, 3.63) is 24.5 Å². The summed E-state index contributed by atoms with van der Waals surface area (Å²) < 4.78 is 5.26. The fourth-order valence-electron chi connectivity index (χ4n) is 2.54. The second-order valence-corrected chi connectivity index (χ2v) is 7.78. The van der Waals surface area contributed by atoms with Crippen molar-refractivity contribution in [1.29, 1.82) is 0 Å². The van der Waals surface area contributed by atoms with E-state index in [-0.39, 0.29) is 0 Å². The number of thiazole rings is 1. The molecule has 6 nitrogen and oxygen atoms in total. The molecule has 1 aliphatic rings. The molecule has 2 aromatic rings. The van der Waals surface area contributed by atoms with E-state index in [0.29, 0.717) is 5.00 Å². The van der Waals surface area contributed by atoms with Crippen molar-refractivity contribution in [2.24, 2.45) is 0 Å². The Morgan fingerprint density at radius 1 is 1.29 bits per heavy atom. The Balaban J connectivity index is 1.71. The van der Waals surface area contributed by atoms with Gasteiger partial charge in [-0.2, -0.15) is 0 Å². The van der Waals surface area contributed by atoms with E-state index in [0.717, 1.165) is 29.5 Å². The molecular weight excluding hydrogens is 324 g/mol. The number of carbonyl (C=O) groups is 1. The van der Waals surface area contributed by atoms with Crippen LogP contribution in [-0.2, 0) is 4.74 Å². The summed E-state index contributed by atoms with van der Waals surface area (Å²) >= 11 is 1.42. The van der Waals surface area contributed by atoms with Gasteiger partial charge in [0.2, 0.25) is 0 Å². The van der Waals surface area contributed by atoms with Crippen LogP contribution in [0.2, 0.25) is 0 Å². The van der Waals surface area contributed by atoms with Crippen molar-refractivity contribution in [3.8, 4) is 10.6 Å². The molecule has 0 saturated carbocycles. The van der Waals surface area contributed by atoms with Gasteiger partial charge in [0.1, 0.15) is 21.4 Å². The lowest BCUT2D eigenvalue weighted by molar-refractivity contribution is 0.0636. The van der Waals surface area contributed by atoms with Gasteiger partial charge < -0.3 is 9.64 Å². The maximum Gasteiger partial charge on any atom is 0.412 e. The zero-order valence-electron chi connectivity index (χ0n) is 14.2. The average molecular weight is 346 g/mol. The highest BCUT2D eigenvalue weighted by molar-refractivity contribution is 7.19. The van der Waals surface area contributed by atoms with E-state index in [1.807, 2.05) is 33.0 Å². The van der Waals surface area contributed by atoms with Gasteiger partial charge in [-0.1, -0.05) is 11.3 Å². The van der Waals surface area contributed by atoms with Crippen molar-refractivity contribution in [2.45, 2.75) is 39.2 Å². The van der Waals surface area contributed by atoms with Crippen LogP contribution in [0.4, 0.5) is 15.6 Å². The second kappa shape index (κ2) is 6.76. The van der Waals surface area contributed by atoms with E-state index >= 15 is 0 Å². The van der Waals surface area contributed by atoms with Crippen molar-refractivity contribution in [1.82, 2.24) is 9.97 Å². The highest BCUT2D eigenvalue weighted by Crippen LogP contribution is 2.31. The summed E-state index contributed by atoms with van der Waals surface area (Å²) in [5, 5.41) is 4.24. The summed E-state index contributed by atoms with van der Waals surface area (Å²) in [5.41, 5.74) is 0.488. The molecule has 1 amide bonds. The Morgan fingerprint density at radius 2 is 2.04 bits per heavy atom. The Morgan fingerprint density at radius 3 is 2.75 bits per heavy atom. The summed E-state index contributed by atoms with van der Waals surface area (Å²) in [6, 6.07) is 4.00. The zero-order chi connectivity index (χ0) is 17.2. The van der Waals surface area contributed by atoms with Gasteiger partial charge in [-0.15, -0.1) is 0 Å². The minimum Gasteiger partial charge on any atom is -0.444 e. The smallest absolute Gasteiger partial charge is 0.412 e. The van der Waals surface area contributed by atoms with Crippen LogP contribution < -0.4 is 10.2 Å². The first kappa shape index (κ1) is 16.7. The monoisotopic (exact) mass is 346 g/mol. The molecule has 0 unspecified atom stereocenters. The van der Waals surface area contributed by atoms with E-state index in [4.69, 9.17) is 4.74 Å². The molecule has 128 valence electrons. The molecule has 3 heterocycles. The minimum atomic E-state index is -0.521. The number of carbonyl (C=O) groups excluding carboxylic acids is 1. The molecule has 0 atom stereocenters. The third-order valence-electron chi connectivity index (χ3n) is 3.55. The highest BCUT2D eigenvalue weighted by atomic mass is 32.1. The Hall–Kier alpha value is -2.15. The van der Waals surface area contributed by atoms with Crippen LogP contribution in [0, 0.1) is 0 Å². The van der Waals surface area contributed by atoms with Gasteiger partial charge in [0, 0.05) is 24.8 Å². The molecule has 0 aliphatic carbocycles. The number of hydrogen-bond acceptors (Lipinski definition) is 6. The van der Waals surface area contributed by atoms with Crippen LogP contribution in [0.3, 0.4) is 0 Å². The fraction of sp³-hybridized carbons (Fsp3) is 0.471. The van der Waals surface area contributed by atoms with Crippen molar-refractivity contribution in [3.63, 3.8) is 0 Å². The molecule has 2 aromatic heterocycles. The molecule has 1 N–H and O–H groups in total. The van der Waals surface area contributed by atoms with Gasteiger partial charge in [-0.25, -0.2) is 14.8 Å². The SMILES string of the molecule is CC(C)(C)OC(=O)Nc1cnc(-c2ccnc(N3CCCC3)c2)s1. The van der Waals surface area contributed by atoms with Gasteiger partial charge >= 0.3 is 6.09 Å². The Kier molecular flexibility index (Phi) is 4.71. The largest absolute Gasteiger partial charge is 0.444 e. The number of ether oxygens (including phenoxy) is 1. The number of pyridine rings is 1. The second-order valence-electron chi connectivity index (χ2n) is 6.75. The highest BCUT2D eigenvalue weighted by Gasteiger charge is 2.18. The third-order valence-corrected chi connectivity index (χ3v) is 4.51. The predicted molar refractivity (Wildman–Crippen MR) is 96.6 cm³/mol. The number of amides is 1. The lowest BCUT2D eigenvalue weighted by atomic mass is 10.2. The molecule has 0 aromatic carbocycles. The lowest BCUT2D eigenvalue weighted by Gasteiger charge is -2.19. The Labute approximate surface area is 145 Å². The van der Waals surface area contributed by atoms with E-state index < -0.39 is 11.7 Å². The van der Waals surface area contributed by atoms with Gasteiger partial charge in [0.05, 0.1) is 6.20 Å². The topological polar surface area (TPSA) is 67.3 Å². The molecule has 1 fully saturated rings. The number of hydrogen-bond donors (Lipinski definition) is 1. The summed E-state index contributed by atoms with van der Waals surface area (Å²) in [6.45, 7) is 7.62. The quantitative estimate of drug-likeness (QED) is 0.904. The van der Waals surface area contributed by atoms with Gasteiger partial charge in [-0.05, 0) is 45.7 Å². The minimum absolute atomic E-state index is 0.467. The van der Waals surface area contributed by atoms with Crippen LogP contribution in [0.15, 0.2) is 24.5 Å².